The van der Waals surface area contributed by atoms with Crippen molar-refractivity contribution in [2.45, 2.75) is 30.8 Å². The molecule has 0 spiro atoms. The van der Waals surface area contributed by atoms with E-state index in [2.05, 4.69) is 5.32 Å². The van der Waals surface area contributed by atoms with Gasteiger partial charge in [-0.2, -0.15) is 0 Å². The maximum Gasteiger partial charge on any atom is 0.264 e. The zero-order valence-corrected chi connectivity index (χ0v) is 24.6. The Morgan fingerprint density at radius 2 is 1.52 bits per heavy atom. The van der Waals surface area contributed by atoms with Gasteiger partial charge in [-0.3, -0.25) is 13.9 Å². The molecule has 0 aliphatic rings. The highest BCUT2D eigenvalue weighted by Gasteiger charge is 2.34. The Hall–Kier alpha value is -4.21. The number of sulfonamides is 1. The minimum absolute atomic E-state index is 0.0250. The van der Waals surface area contributed by atoms with E-state index in [9.17, 15) is 22.4 Å². The third-order valence-electron chi connectivity index (χ3n) is 6.63. The number of hydrogen-bond acceptors (Lipinski definition) is 4. The summed E-state index contributed by atoms with van der Waals surface area (Å²) >= 11 is 6.21. The molecule has 0 bridgehead atoms. The van der Waals surface area contributed by atoms with Gasteiger partial charge < -0.3 is 10.2 Å². The SMILES string of the molecule is CCNC(=O)C(Cc1ccccc1)N(Cc1ccccc1F)C(=O)CN(c1cccc(Cl)c1)S(=O)(=O)c1ccccc1. The van der Waals surface area contributed by atoms with Crippen molar-refractivity contribution in [1.29, 1.82) is 0 Å². The van der Waals surface area contributed by atoms with Crippen LogP contribution in [0.5, 0.6) is 0 Å². The van der Waals surface area contributed by atoms with E-state index in [1.807, 2.05) is 30.3 Å². The summed E-state index contributed by atoms with van der Waals surface area (Å²) in [6.45, 7) is 1.16. The van der Waals surface area contributed by atoms with Crippen LogP contribution in [-0.4, -0.2) is 44.3 Å². The highest BCUT2D eigenvalue weighted by atomic mass is 35.5. The van der Waals surface area contributed by atoms with Crippen molar-refractivity contribution in [2.24, 2.45) is 0 Å². The molecule has 2 amide bonds. The van der Waals surface area contributed by atoms with Crippen LogP contribution in [0, 0.1) is 5.82 Å². The number of hydrogen-bond donors (Lipinski definition) is 1. The van der Waals surface area contributed by atoms with Crippen molar-refractivity contribution in [3.05, 3.63) is 131 Å². The number of anilines is 1. The minimum Gasteiger partial charge on any atom is -0.355 e. The largest absolute Gasteiger partial charge is 0.355 e. The maximum absolute atomic E-state index is 14.9. The van der Waals surface area contributed by atoms with Crippen LogP contribution in [0.3, 0.4) is 0 Å². The minimum atomic E-state index is -4.24. The Morgan fingerprint density at radius 1 is 0.881 bits per heavy atom. The number of likely N-dealkylation sites (N-methyl/N-ethyl adjacent to an activating group) is 1. The number of halogens is 2. The summed E-state index contributed by atoms with van der Waals surface area (Å²) in [4.78, 5) is 28.9. The summed E-state index contributed by atoms with van der Waals surface area (Å²) in [6, 6.07) is 27.9. The lowest BCUT2D eigenvalue weighted by molar-refractivity contribution is -0.140. The molecule has 7 nitrogen and oxygen atoms in total. The lowest BCUT2D eigenvalue weighted by Crippen LogP contribution is -2.53. The molecular formula is C32H31ClFN3O4S. The van der Waals surface area contributed by atoms with E-state index in [-0.39, 0.29) is 34.1 Å². The van der Waals surface area contributed by atoms with Gasteiger partial charge in [-0.05, 0) is 48.9 Å². The molecule has 1 unspecified atom stereocenters. The van der Waals surface area contributed by atoms with E-state index >= 15 is 0 Å². The summed E-state index contributed by atoms with van der Waals surface area (Å²) < 4.78 is 43.6. The number of amides is 2. The van der Waals surface area contributed by atoms with Crippen LogP contribution in [0.1, 0.15) is 18.1 Å². The van der Waals surface area contributed by atoms with Gasteiger partial charge in [0.1, 0.15) is 18.4 Å². The molecule has 0 radical (unpaired) electrons. The predicted molar refractivity (Wildman–Crippen MR) is 162 cm³/mol. The van der Waals surface area contributed by atoms with E-state index in [4.69, 9.17) is 11.6 Å². The molecule has 4 aromatic rings. The van der Waals surface area contributed by atoms with Gasteiger partial charge in [0.05, 0.1) is 10.6 Å². The van der Waals surface area contributed by atoms with Crippen LogP contribution in [0.25, 0.3) is 0 Å². The van der Waals surface area contributed by atoms with Crippen molar-refractivity contribution in [3.8, 4) is 0 Å². The Kier molecular flexibility index (Phi) is 10.3. The number of carbonyl (C=O) groups is 2. The molecule has 218 valence electrons. The summed E-state index contributed by atoms with van der Waals surface area (Å²) in [5, 5.41) is 3.05. The number of rotatable bonds is 12. The smallest absolute Gasteiger partial charge is 0.264 e. The van der Waals surface area contributed by atoms with E-state index in [0.29, 0.717) is 6.54 Å². The Morgan fingerprint density at radius 3 is 2.17 bits per heavy atom. The molecular weight excluding hydrogens is 577 g/mol. The Labute approximate surface area is 250 Å². The number of benzene rings is 4. The lowest BCUT2D eigenvalue weighted by Gasteiger charge is -2.34. The summed E-state index contributed by atoms with van der Waals surface area (Å²) in [6.07, 6.45) is 0.134. The highest BCUT2D eigenvalue weighted by molar-refractivity contribution is 7.92. The second-order valence-electron chi connectivity index (χ2n) is 9.52. The third kappa shape index (κ3) is 7.54. The Bertz CT molecular complexity index is 1620. The number of nitrogens with zero attached hydrogens (tertiary/aromatic N) is 2. The third-order valence-corrected chi connectivity index (χ3v) is 8.65. The summed E-state index contributed by atoms with van der Waals surface area (Å²) in [5.74, 6) is -1.68. The summed E-state index contributed by atoms with van der Waals surface area (Å²) in [5.41, 5.74) is 1.14. The van der Waals surface area contributed by atoms with Gasteiger partial charge in [0, 0.05) is 30.1 Å². The zero-order chi connectivity index (χ0) is 30.1. The average molecular weight is 608 g/mol. The predicted octanol–water partition coefficient (Wildman–Crippen LogP) is 5.45. The lowest BCUT2D eigenvalue weighted by atomic mass is 10.0. The van der Waals surface area contributed by atoms with Crippen LogP contribution in [0.2, 0.25) is 5.02 Å². The van der Waals surface area contributed by atoms with Gasteiger partial charge >= 0.3 is 0 Å². The van der Waals surface area contributed by atoms with Gasteiger partial charge in [-0.1, -0.05) is 84.4 Å². The quantitative estimate of drug-likeness (QED) is 0.232. The van der Waals surface area contributed by atoms with Crippen molar-refractivity contribution in [2.75, 3.05) is 17.4 Å². The second-order valence-corrected chi connectivity index (χ2v) is 11.8. The molecule has 1 atom stereocenters. The molecule has 1 N–H and O–H groups in total. The normalized spacial score (nSPS) is 11.9. The fourth-order valence-electron chi connectivity index (χ4n) is 4.54. The van der Waals surface area contributed by atoms with Gasteiger partial charge in [0.15, 0.2) is 0 Å². The van der Waals surface area contributed by atoms with E-state index in [0.717, 1.165) is 9.87 Å². The molecule has 10 heteroatoms. The fourth-order valence-corrected chi connectivity index (χ4v) is 6.15. The summed E-state index contributed by atoms with van der Waals surface area (Å²) in [7, 11) is -4.24. The standard InChI is InChI=1S/C32H31ClFN3O4S/c1-2-35-32(39)30(20-24-12-5-3-6-13-24)36(22-25-14-9-10-19-29(25)34)31(38)23-37(27-16-11-15-26(33)21-27)42(40,41)28-17-7-4-8-18-28/h3-19,21,30H,2,20,22-23H2,1H3,(H,35,39). The van der Waals surface area contributed by atoms with Crippen molar-refractivity contribution >= 4 is 39.1 Å². The molecule has 0 aliphatic heterocycles. The topological polar surface area (TPSA) is 86.8 Å². The van der Waals surface area contributed by atoms with Crippen LogP contribution >= 0.6 is 11.6 Å². The van der Waals surface area contributed by atoms with Crippen LogP contribution < -0.4 is 9.62 Å². The van der Waals surface area contributed by atoms with Crippen LogP contribution in [0.15, 0.2) is 114 Å². The van der Waals surface area contributed by atoms with Crippen LogP contribution in [0.4, 0.5) is 10.1 Å². The van der Waals surface area contributed by atoms with E-state index in [1.54, 1.807) is 43.3 Å². The van der Waals surface area contributed by atoms with Gasteiger partial charge in [-0.15, -0.1) is 0 Å². The van der Waals surface area contributed by atoms with E-state index in [1.165, 1.54) is 47.4 Å². The first kappa shape index (κ1) is 30.7. The average Bonchev–Trinajstić information content (AvgIpc) is 2.99. The second kappa shape index (κ2) is 14.1. The van der Waals surface area contributed by atoms with Crippen molar-refractivity contribution < 1.29 is 22.4 Å². The fraction of sp³-hybridized carbons (Fsp3) is 0.188. The molecule has 4 aromatic carbocycles. The molecule has 0 aromatic heterocycles. The Balaban J connectivity index is 1.80. The van der Waals surface area contributed by atoms with Gasteiger partial charge in [0.25, 0.3) is 10.0 Å². The molecule has 42 heavy (non-hydrogen) atoms. The highest BCUT2D eigenvalue weighted by Crippen LogP contribution is 2.27. The molecule has 0 aliphatic carbocycles. The first-order chi connectivity index (χ1) is 20.2. The van der Waals surface area contributed by atoms with Gasteiger partial charge in [0.2, 0.25) is 11.8 Å². The number of nitrogens with one attached hydrogen (secondary N) is 1. The monoisotopic (exact) mass is 607 g/mol. The van der Waals surface area contributed by atoms with Crippen LogP contribution in [-0.2, 0) is 32.6 Å². The molecule has 0 heterocycles. The first-order valence-electron chi connectivity index (χ1n) is 13.4. The maximum atomic E-state index is 14.9. The van der Waals surface area contributed by atoms with E-state index < -0.39 is 40.2 Å². The van der Waals surface area contributed by atoms with Gasteiger partial charge in [-0.25, -0.2) is 12.8 Å². The first-order valence-corrected chi connectivity index (χ1v) is 15.2. The van der Waals surface area contributed by atoms with Crippen molar-refractivity contribution in [1.82, 2.24) is 10.2 Å². The zero-order valence-electron chi connectivity index (χ0n) is 23.0. The molecule has 4 rings (SSSR count). The number of carbonyl (C=O) groups excluding carboxylic acids is 2. The van der Waals surface area contributed by atoms with Crippen molar-refractivity contribution in [3.63, 3.8) is 0 Å². The molecule has 0 fully saturated rings. The molecule has 0 saturated heterocycles. The molecule has 0 saturated carbocycles.